The maximum absolute atomic E-state index is 11.0. The topological polar surface area (TPSA) is 50.7 Å². The zero-order valence-electron chi connectivity index (χ0n) is 8.79. The first-order chi connectivity index (χ1) is 7.70. The monoisotopic (exact) mass is 238 g/mol. The molecule has 0 aliphatic carbocycles. The molecule has 1 aromatic carbocycles. The molecule has 0 radical (unpaired) electrons. The molecule has 1 amide bonds. The van der Waals surface area contributed by atoms with Crippen LogP contribution in [0, 0.1) is 0 Å². The van der Waals surface area contributed by atoms with Crippen LogP contribution < -0.4 is 10.2 Å². The summed E-state index contributed by atoms with van der Waals surface area (Å²) in [6.07, 6.45) is 1.06. The molecule has 4 nitrogen and oxygen atoms in total. The van der Waals surface area contributed by atoms with Crippen molar-refractivity contribution in [2.24, 2.45) is 5.10 Å². The number of carbonyl (C=O) groups is 1. The predicted octanol–water partition coefficient (Wildman–Crippen LogP) is 1.96. The summed E-state index contributed by atoms with van der Waals surface area (Å²) in [5.41, 5.74) is 4.14. The van der Waals surface area contributed by atoms with E-state index in [9.17, 15) is 4.79 Å². The van der Waals surface area contributed by atoms with E-state index < -0.39 is 0 Å². The average Bonchev–Trinajstić information content (AvgIpc) is 2.30. The molecule has 84 valence electrons. The number of methoxy groups -OCH3 is 1. The third-order valence-electron chi connectivity index (χ3n) is 2.38. The number of halogens is 1. The second-order valence-electron chi connectivity index (χ2n) is 3.44. The Labute approximate surface area is 98.2 Å². The Morgan fingerprint density at radius 3 is 2.88 bits per heavy atom. The molecule has 1 heterocycles. The van der Waals surface area contributed by atoms with Crippen molar-refractivity contribution in [3.8, 4) is 5.75 Å². The largest absolute Gasteiger partial charge is 0.496 e. The maximum Gasteiger partial charge on any atom is 0.240 e. The van der Waals surface area contributed by atoms with Crippen LogP contribution in [0.3, 0.4) is 0 Å². The van der Waals surface area contributed by atoms with Crippen LogP contribution in [0.4, 0.5) is 0 Å². The molecule has 1 aromatic rings. The normalized spacial score (nSPS) is 15.4. The van der Waals surface area contributed by atoms with Crippen molar-refractivity contribution in [1.29, 1.82) is 0 Å². The number of benzene rings is 1. The number of amides is 1. The van der Waals surface area contributed by atoms with Gasteiger partial charge in [-0.25, -0.2) is 5.43 Å². The number of hydrogen-bond donors (Lipinski definition) is 1. The summed E-state index contributed by atoms with van der Waals surface area (Å²) in [5.74, 6) is 0.610. The van der Waals surface area contributed by atoms with Crippen LogP contribution in [-0.2, 0) is 4.79 Å². The van der Waals surface area contributed by atoms with Crippen molar-refractivity contribution in [3.63, 3.8) is 0 Å². The first kappa shape index (κ1) is 11.0. The highest BCUT2D eigenvalue weighted by Gasteiger charge is 2.16. The van der Waals surface area contributed by atoms with Gasteiger partial charge in [-0.3, -0.25) is 4.79 Å². The van der Waals surface area contributed by atoms with Gasteiger partial charge < -0.3 is 4.74 Å². The summed E-state index contributed by atoms with van der Waals surface area (Å²) in [6, 6.07) is 5.35. The van der Waals surface area contributed by atoms with E-state index in [2.05, 4.69) is 10.5 Å². The number of hydrazone groups is 1. The van der Waals surface area contributed by atoms with E-state index in [1.807, 2.05) is 6.07 Å². The molecule has 1 aliphatic heterocycles. The SMILES string of the molecule is COc1cc(Cl)ccc1C1=NNC(=O)CC1. The predicted molar refractivity (Wildman–Crippen MR) is 61.9 cm³/mol. The second kappa shape index (κ2) is 4.53. The van der Waals surface area contributed by atoms with Crippen molar-refractivity contribution >= 4 is 23.2 Å². The lowest BCUT2D eigenvalue weighted by atomic mass is 10.0. The van der Waals surface area contributed by atoms with Crippen LogP contribution in [-0.4, -0.2) is 18.7 Å². The molecule has 0 spiro atoms. The molecule has 0 bridgehead atoms. The highest BCUT2D eigenvalue weighted by Crippen LogP contribution is 2.25. The van der Waals surface area contributed by atoms with Gasteiger partial charge >= 0.3 is 0 Å². The zero-order chi connectivity index (χ0) is 11.5. The number of hydrogen-bond acceptors (Lipinski definition) is 3. The molecule has 0 aromatic heterocycles. The van der Waals surface area contributed by atoms with Crippen LogP contribution in [0.5, 0.6) is 5.75 Å². The number of nitrogens with zero attached hydrogens (tertiary/aromatic N) is 1. The lowest BCUT2D eigenvalue weighted by molar-refractivity contribution is -0.121. The van der Waals surface area contributed by atoms with Gasteiger partial charge in [0.05, 0.1) is 12.8 Å². The highest BCUT2D eigenvalue weighted by molar-refractivity contribution is 6.31. The molecule has 2 rings (SSSR count). The van der Waals surface area contributed by atoms with Gasteiger partial charge in [0.2, 0.25) is 5.91 Å². The standard InChI is InChI=1S/C11H11ClN2O2/c1-16-10-6-7(12)2-3-8(10)9-4-5-11(15)14-13-9/h2-3,6H,4-5H2,1H3,(H,14,15). The van der Waals surface area contributed by atoms with Gasteiger partial charge in [0.25, 0.3) is 0 Å². The minimum Gasteiger partial charge on any atom is -0.496 e. The van der Waals surface area contributed by atoms with E-state index in [4.69, 9.17) is 16.3 Å². The molecule has 0 saturated carbocycles. The summed E-state index contributed by atoms with van der Waals surface area (Å²) in [7, 11) is 1.58. The van der Waals surface area contributed by atoms with E-state index >= 15 is 0 Å². The Balaban J connectivity index is 2.36. The zero-order valence-corrected chi connectivity index (χ0v) is 9.54. The summed E-state index contributed by atoms with van der Waals surface area (Å²) < 4.78 is 5.23. The van der Waals surface area contributed by atoms with Gasteiger partial charge in [-0.15, -0.1) is 0 Å². The van der Waals surface area contributed by atoms with Gasteiger partial charge in [0.15, 0.2) is 0 Å². The van der Waals surface area contributed by atoms with E-state index in [1.54, 1.807) is 19.2 Å². The van der Waals surface area contributed by atoms with Gasteiger partial charge in [-0.05, 0) is 18.2 Å². The van der Waals surface area contributed by atoms with Gasteiger partial charge in [0.1, 0.15) is 5.75 Å². The maximum atomic E-state index is 11.0. The summed E-state index contributed by atoms with van der Waals surface area (Å²) in [6.45, 7) is 0. The van der Waals surface area contributed by atoms with Crippen LogP contribution in [0.15, 0.2) is 23.3 Å². The van der Waals surface area contributed by atoms with Crippen molar-refractivity contribution < 1.29 is 9.53 Å². The molecule has 0 fully saturated rings. The fourth-order valence-electron chi connectivity index (χ4n) is 1.57. The van der Waals surface area contributed by atoms with Crippen LogP contribution in [0.2, 0.25) is 5.02 Å². The number of nitrogens with one attached hydrogen (secondary N) is 1. The Kier molecular flexibility index (Phi) is 3.10. The molecule has 5 heteroatoms. The number of ether oxygens (including phenoxy) is 1. The smallest absolute Gasteiger partial charge is 0.240 e. The fourth-order valence-corrected chi connectivity index (χ4v) is 1.73. The van der Waals surface area contributed by atoms with E-state index in [-0.39, 0.29) is 5.91 Å². The highest BCUT2D eigenvalue weighted by atomic mass is 35.5. The van der Waals surface area contributed by atoms with Crippen LogP contribution >= 0.6 is 11.6 Å². The molecule has 0 saturated heterocycles. The second-order valence-corrected chi connectivity index (χ2v) is 3.87. The van der Waals surface area contributed by atoms with Crippen LogP contribution in [0.25, 0.3) is 0 Å². The van der Waals surface area contributed by atoms with Crippen LogP contribution in [0.1, 0.15) is 18.4 Å². The molecule has 1 N–H and O–H groups in total. The van der Waals surface area contributed by atoms with E-state index in [0.717, 1.165) is 11.3 Å². The van der Waals surface area contributed by atoms with Crippen molar-refractivity contribution in [2.45, 2.75) is 12.8 Å². The van der Waals surface area contributed by atoms with Crippen molar-refractivity contribution in [3.05, 3.63) is 28.8 Å². The summed E-state index contributed by atoms with van der Waals surface area (Å²) in [5, 5.41) is 4.63. The molecule has 0 atom stereocenters. The van der Waals surface area contributed by atoms with Gasteiger partial charge in [-0.2, -0.15) is 5.10 Å². The third-order valence-corrected chi connectivity index (χ3v) is 2.61. The third kappa shape index (κ3) is 2.17. The number of rotatable bonds is 2. The Bertz CT molecular complexity index is 457. The minimum absolute atomic E-state index is 0.0586. The molecule has 1 aliphatic rings. The van der Waals surface area contributed by atoms with E-state index in [0.29, 0.717) is 23.6 Å². The molecule has 16 heavy (non-hydrogen) atoms. The van der Waals surface area contributed by atoms with Gasteiger partial charge in [0, 0.05) is 23.4 Å². The first-order valence-electron chi connectivity index (χ1n) is 4.90. The fraction of sp³-hybridized carbons (Fsp3) is 0.273. The summed E-state index contributed by atoms with van der Waals surface area (Å²) >= 11 is 5.87. The molecule has 0 unspecified atom stereocenters. The molecular formula is C11H11ClN2O2. The summed E-state index contributed by atoms with van der Waals surface area (Å²) in [4.78, 5) is 11.0. The lowest BCUT2D eigenvalue weighted by Crippen LogP contribution is -2.26. The minimum atomic E-state index is -0.0586. The van der Waals surface area contributed by atoms with Crippen molar-refractivity contribution in [2.75, 3.05) is 7.11 Å². The Hall–Kier alpha value is -1.55. The van der Waals surface area contributed by atoms with Gasteiger partial charge in [-0.1, -0.05) is 11.6 Å². The molecular weight excluding hydrogens is 228 g/mol. The quantitative estimate of drug-likeness (QED) is 0.856. The number of carbonyl (C=O) groups excluding carboxylic acids is 1. The lowest BCUT2D eigenvalue weighted by Gasteiger charge is -2.14. The van der Waals surface area contributed by atoms with E-state index in [1.165, 1.54) is 0 Å². The average molecular weight is 239 g/mol. The Morgan fingerprint density at radius 2 is 2.25 bits per heavy atom. The first-order valence-corrected chi connectivity index (χ1v) is 5.28. The van der Waals surface area contributed by atoms with Crippen molar-refractivity contribution in [1.82, 2.24) is 5.43 Å². The Morgan fingerprint density at radius 1 is 1.44 bits per heavy atom.